The van der Waals surface area contributed by atoms with Crippen LogP contribution in [-0.2, 0) is 17.5 Å². The van der Waals surface area contributed by atoms with Gasteiger partial charge >= 0.3 is 18.2 Å². The zero-order valence-electron chi connectivity index (χ0n) is 18.4. The number of carbonyl (C=O) groups is 2. The van der Waals surface area contributed by atoms with Crippen molar-refractivity contribution in [1.82, 2.24) is 20.2 Å². The molecule has 0 saturated carbocycles. The van der Waals surface area contributed by atoms with Gasteiger partial charge in [-0.05, 0) is 43.5 Å². The van der Waals surface area contributed by atoms with Crippen molar-refractivity contribution in [3.63, 3.8) is 0 Å². The second-order valence-corrected chi connectivity index (χ2v) is 8.73. The molecule has 33 heavy (non-hydrogen) atoms. The summed E-state index contributed by atoms with van der Waals surface area (Å²) in [5.41, 5.74) is 3.47. The predicted octanol–water partition coefficient (Wildman–Crippen LogP) is 2.72. The summed E-state index contributed by atoms with van der Waals surface area (Å²) in [5.74, 6) is -1.06. The third kappa shape index (κ3) is 5.09. The fraction of sp³-hybridized carbons (Fsp3) is 0.545. The first-order chi connectivity index (χ1) is 15.6. The van der Waals surface area contributed by atoms with Crippen LogP contribution in [0.1, 0.15) is 30.9 Å². The number of halogens is 3. The number of anilines is 1. The molecule has 8 nitrogen and oxygen atoms in total. The van der Waals surface area contributed by atoms with Crippen LogP contribution in [0.2, 0.25) is 0 Å². The number of amides is 2. The number of urea groups is 1. The van der Waals surface area contributed by atoms with E-state index in [4.69, 9.17) is 5.11 Å². The molecule has 0 aliphatic carbocycles. The van der Waals surface area contributed by atoms with Crippen molar-refractivity contribution in [2.75, 3.05) is 37.6 Å². The Hall–Kier alpha value is -2.79. The van der Waals surface area contributed by atoms with Gasteiger partial charge in [0.15, 0.2) is 0 Å². The highest BCUT2D eigenvalue weighted by molar-refractivity contribution is 5.80. The first-order valence-corrected chi connectivity index (χ1v) is 11.1. The van der Waals surface area contributed by atoms with Crippen molar-refractivity contribution in [2.24, 2.45) is 0 Å². The topological polar surface area (TPSA) is 79.4 Å². The molecule has 2 fully saturated rings. The van der Waals surface area contributed by atoms with Gasteiger partial charge < -0.3 is 14.9 Å². The molecule has 1 aromatic rings. The summed E-state index contributed by atoms with van der Waals surface area (Å²) < 4.78 is 40.0. The molecule has 11 heteroatoms. The smallest absolute Gasteiger partial charge is 0.416 e. The van der Waals surface area contributed by atoms with Gasteiger partial charge in [0.2, 0.25) is 0 Å². The van der Waals surface area contributed by atoms with Gasteiger partial charge in [0.25, 0.3) is 0 Å². The molecule has 2 saturated heterocycles. The lowest BCUT2D eigenvalue weighted by atomic mass is 10.1. The number of nitrogens with one attached hydrogen (secondary N) is 1. The number of alkyl halides is 3. The molecule has 0 spiro atoms. The van der Waals surface area contributed by atoms with Crippen LogP contribution in [0.5, 0.6) is 0 Å². The van der Waals surface area contributed by atoms with Crippen molar-refractivity contribution in [1.29, 1.82) is 0 Å². The van der Waals surface area contributed by atoms with Crippen molar-refractivity contribution < 1.29 is 27.9 Å². The minimum atomic E-state index is -4.39. The van der Waals surface area contributed by atoms with Crippen LogP contribution in [0.25, 0.3) is 0 Å². The van der Waals surface area contributed by atoms with Gasteiger partial charge in [-0.1, -0.05) is 6.07 Å². The monoisotopic (exact) mass is 467 g/mol. The molecular weight excluding hydrogens is 439 g/mol. The van der Waals surface area contributed by atoms with Gasteiger partial charge in [0.1, 0.15) is 6.04 Å². The number of carbonyl (C=O) groups excluding carboxylic acids is 1. The predicted molar refractivity (Wildman–Crippen MR) is 115 cm³/mol. The van der Waals surface area contributed by atoms with E-state index in [1.807, 2.05) is 6.92 Å². The number of nitrogens with zero attached hydrogens (tertiary/aromatic N) is 4. The number of hydrogen-bond donors (Lipinski definition) is 2. The molecule has 1 aromatic carbocycles. The van der Waals surface area contributed by atoms with E-state index < -0.39 is 23.8 Å². The first-order valence-electron chi connectivity index (χ1n) is 11.1. The van der Waals surface area contributed by atoms with Crippen molar-refractivity contribution in [3.8, 4) is 0 Å². The average molecular weight is 467 g/mol. The molecule has 3 heterocycles. The summed E-state index contributed by atoms with van der Waals surface area (Å²) in [6, 6.07) is 2.92. The molecule has 2 atom stereocenters. The zero-order valence-corrected chi connectivity index (χ0v) is 18.4. The molecule has 0 radical (unpaired) electrons. The number of aliphatic carboxylic acids is 1. The maximum atomic E-state index is 13.3. The highest BCUT2D eigenvalue weighted by Crippen LogP contribution is 2.36. The Bertz CT molecular complexity index is 930. The quantitative estimate of drug-likeness (QED) is 0.709. The lowest BCUT2D eigenvalue weighted by molar-refractivity contribution is -0.139. The Morgan fingerprint density at radius 1 is 1.15 bits per heavy atom. The Balaban J connectivity index is 1.40. The van der Waals surface area contributed by atoms with E-state index in [1.54, 1.807) is 11.0 Å². The molecule has 1 unspecified atom stereocenters. The number of carboxylic acid groups (broad SMARTS) is 1. The third-order valence-corrected chi connectivity index (χ3v) is 6.49. The van der Waals surface area contributed by atoms with Crippen LogP contribution in [0.3, 0.4) is 0 Å². The molecule has 0 bridgehead atoms. The van der Waals surface area contributed by atoms with Crippen LogP contribution in [-0.4, -0.2) is 76.7 Å². The van der Waals surface area contributed by atoms with Crippen LogP contribution in [0, 0.1) is 0 Å². The van der Waals surface area contributed by atoms with Gasteiger partial charge in [-0.25, -0.2) is 15.2 Å². The summed E-state index contributed by atoms with van der Waals surface area (Å²) in [6.45, 7) is 5.31. The largest absolute Gasteiger partial charge is 0.480 e. The molecule has 4 rings (SSSR count). The summed E-state index contributed by atoms with van der Waals surface area (Å²) in [4.78, 5) is 29.5. The van der Waals surface area contributed by atoms with E-state index in [9.17, 15) is 22.8 Å². The maximum absolute atomic E-state index is 13.3. The lowest BCUT2D eigenvalue weighted by Crippen LogP contribution is -2.54. The Morgan fingerprint density at radius 3 is 2.45 bits per heavy atom. The van der Waals surface area contributed by atoms with Crippen LogP contribution < -0.4 is 10.3 Å². The van der Waals surface area contributed by atoms with E-state index in [2.05, 4.69) is 15.2 Å². The van der Waals surface area contributed by atoms with E-state index in [1.165, 1.54) is 23.4 Å². The SMILES string of the molecule is C[C@@H]1CCCN1c1cc(C(F)(F)F)ccc1CN1CCN(C(=O)N2C=CC(C(=O)O)N2)CC1. The van der Waals surface area contributed by atoms with Gasteiger partial charge in [-0.2, -0.15) is 13.2 Å². The van der Waals surface area contributed by atoms with E-state index in [0.717, 1.165) is 31.0 Å². The lowest BCUT2D eigenvalue weighted by Gasteiger charge is -2.37. The second-order valence-electron chi connectivity index (χ2n) is 8.73. The van der Waals surface area contributed by atoms with Gasteiger partial charge in [0, 0.05) is 57.2 Å². The number of piperazine rings is 1. The molecule has 2 N–H and O–H groups in total. The zero-order chi connectivity index (χ0) is 23.8. The van der Waals surface area contributed by atoms with E-state index in [0.29, 0.717) is 38.4 Å². The fourth-order valence-electron chi connectivity index (χ4n) is 4.59. The Labute approximate surface area is 190 Å². The highest BCUT2D eigenvalue weighted by Gasteiger charge is 2.34. The fourth-order valence-corrected chi connectivity index (χ4v) is 4.59. The van der Waals surface area contributed by atoms with Crippen molar-refractivity contribution in [3.05, 3.63) is 41.6 Å². The molecule has 180 valence electrons. The van der Waals surface area contributed by atoms with Gasteiger partial charge in [-0.3, -0.25) is 9.69 Å². The summed E-state index contributed by atoms with van der Waals surface area (Å²) >= 11 is 0. The normalized spacial score (nSPS) is 24.1. The minimum Gasteiger partial charge on any atom is -0.480 e. The van der Waals surface area contributed by atoms with Crippen LogP contribution >= 0.6 is 0 Å². The third-order valence-electron chi connectivity index (χ3n) is 6.49. The Morgan fingerprint density at radius 2 is 1.88 bits per heavy atom. The number of rotatable bonds is 4. The standard InChI is InChI=1S/C22H28F3N5O3/c1-15-3-2-7-29(15)19-13-17(22(23,24)25)5-4-16(19)14-27-9-11-28(12-10-27)21(33)30-8-6-18(26-30)20(31)32/h4-6,8,13,15,18,26H,2-3,7,9-12,14H2,1H3,(H,31,32)/t15-,18?/m1/s1. The number of hydrazine groups is 1. The summed E-state index contributed by atoms with van der Waals surface area (Å²) in [7, 11) is 0. The summed E-state index contributed by atoms with van der Waals surface area (Å²) in [5, 5.41) is 10.2. The highest BCUT2D eigenvalue weighted by atomic mass is 19.4. The first kappa shape index (κ1) is 23.4. The maximum Gasteiger partial charge on any atom is 0.416 e. The van der Waals surface area contributed by atoms with Crippen molar-refractivity contribution in [2.45, 2.75) is 44.6 Å². The van der Waals surface area contributed by atoms with Crippen LogP contribution in [0.4, 0.5) is 23.7 Å². The number of carboxylic acids is 1. The number of hydrogen-bond acceptors (Lipinski definition) is 5. The second kappa shape index (κ2) is 9.22. The van der Waals surface area contributed by atoms with E-state index >= 15 is 0 Å². The van der Waals surface area contributed by atoms with E-state index in [-0.39, 0.29) is 12.1 Å². The molecule has 2 amide bonds. The molecule has 3 aliphatic rings. The summed E-state index contributed by atoms with van der Waals surface area (Å²) in [6.07, 6.45) is 0.346. The van der Waals surface area contributed by atoms with Gasteiger partial charge in [0.05, 0.1) is 5.56 Å². The number of benzene rings is 1. The molecule has 0 aromatic heterocycles. The minimum absolute atomic E-state index is 0.192. The molecular formula is C22H28F3N5O3. The Kier molecular flexibility index (Phi) is 6.53. The van der Waals surface area contributed by atoms with Gasteiger partial charge in [-0.15, -0.1) is 0 Å². The van der Waals surface area contributed by atoms with Crippen LogP contribution in [0.15, 0.2) is 30.5 Å². The average Bonchev–Trinajstić information content (AvgIpc) is 3.43. The molecule has 3 aliphatic heterocycles. The van der Waals surface area contributed by atoms with Crippen molar-refractivity contribution >= 4 is 17.7 Å².